The standard InChI is InChI=1S/C10H21N5/c1-3-14(4-2)8-5-11-6-9-15-10-7-12-13-15/h7,10-11H,3-6,8-9H2,1-2H3. The lowest BCUT2D eigenvalue weighted by molar-refractivity contribution is 0.301. The molecule has 0 radical (unpaired) electrons. The van der Waals surface area contributed by atoms with Crippen molar-refractivity contribution in [2.75, 3.05) is 32.7 Å². The zero-order chi connectivity index (χ0) is 10.9. The molecule has 0 atom stereocenters. The van der Waals surface area contributed by atoms with Crippen LogP contribution in [0.25, 0.3) is 0 Å². The Morgan fingerprint density at radius 1 is 1.27 bits per heavy atom. The number of rotatable bonds is 8. The van der Waals surface area contributed by atoms with Gasteiger partial charge >= 0.3 is 0 Å². The topological polar surface area (TPSA) is 46.0 Å². The van der Waals surface area contributed by atoms with Gasteiger partial charge in [-0.2, -0.15) is 0 Å². The fourth-order valence-electron chi connectivity index (χ4n) is 1.45. The van der Waals surface area contributed by atoms with Crippen molar-refractivity contribution in [2.24, 2.45) is 0 Å². The van der Waals surface area contributed by atoms with E-state index in [1.165, 1.54) is 0 Å². The molecule has 0 aliphatic rings. The average molecular weight is 211 g/mol. The minimum atomic E-state index is 0.887. The molecule has 1 aromatic rings. The Hall–Kier alpha value is -0.940. The number of aromatic nitrogens is 3. The number of nitrogens with one attached hydrogen (secondary N) is 1. The van der Waals surface area contributed by atoms with Gasteiger partial charge in [0.1, 0.15) is 0 Å². The van der Waals surface area contributed by atoms with E-state index in [0.29, 0.717) is 0 Å². The molecule has 1 rings (SSSR count). The summed E-state index contributed by atoms with van der Waals surface area (Å²) in [6, 6.07) is 0. The Balaban J connectivity index is 1.97. The largest absolute Gasteiger partial charge is 0.314 e. The van der Waals surface area contributed by atoms with E-state index >= 15 is 0 Å². The lowest BCUT2D eigenvalue weighted by atomic mass is 10.4. The van der Waals surface area contributed by atoms with Crippen molar-refractivity contribution in [3.05, 3.63) is 12.4 Å². The third kappa shape index (κ3) is 4.90. The molecule has 0 aliphatic carbocycles. The highest BCUT2D eigenvalue weighted by molar-refractivity contribution is 4.64. The maximum Gasteiger partial charge on any atom is 0.0692 e. The molecular weight excluding hydrogens is 190 g/mol. The van der Waals surface area contributed by atoms with Crippen molar-refractivity contribution in [2.45, 2.75) is 20.4 Å². The third-order valence-electron chi connectivity index (χ3n) is 2.49. The summed E-state index contributed by atoms with van der Waals surface area (Å²) in [6.07, 6.45) is 3.59. The van der Waals surface area contributed by atoms with Gasteiger partial charge in [0, 0.05) is 25.8 Å². The summed E-state index contributed by atoms with van der Waals surface area (Å²) in [5, 5.41) is 11.0. The molecule has 0 saturated heterocycles. The quantitative estimate of drug-likeness (QED) is 0.624. The molecule has 0 fully saturated rings. The number of hydrogen-bond acceptors (Lipinski definition) is 4. The van der Waals surface area contributed by atoms with Gasteiger partial charge in [-0.25, -0.2) is 0 Å². The Morgan fingerprint density at radius 2 is 2.07 bits per heavy atom. The molecule has 0 aromatic carbocycles. The highest BCUT2D eigenvalue weighted by Crippen LogP contribution is 1.84. The van der Waals surface area contributed by atoms with Gasteiger partial charge in [-0.3, -0.25) is 4.68 Å². The van der Waals surface area contributed by atoms with Gasteiger partial charge in [0.05, 0.1) is 12.7 Å². The smallest absolute Gasteiger partial charge is 0.0692 e. The molecule has 1 heterocycles. The van der Waals surface area contributed by atoms with E-state index in [9.17, 15) is 0 Å². The van der Waals surface area contributed by atoms with Crippen molar-refractivity contribution in [1.29, 1.82) is 0 Å². The average Bonchev–Trinajstić information content (AvgIpc) is 2.76. The van der Waals surface area contributed by atoms with Crippen molar-refractivity contribution < 1.29 is 0 Å². The second kappa shape index (κ2) is 7.36. The maximum atomic E-state index is 3.90. The second-order valence-corrected chi connectivity index (χ2v) is 3.44. The van der Waals surface area contributed by atoms with E-state index in [4.69, 9.17) is 0 Å². The monoisotopic (exact) mass is 211 g/mol. The number of likely N-dealkylation sites (N-methyl/N-ethyl adjacent to an activating group) is 1. The molecule has 86 valence electrons. The van der Waals surface area contributed by atoms with Crippen LogP contribution in [0.5, 0.6) is 0 Å². The predicted octanol–water partition coefficient (Wildman–Crippen LogP) is 0.210. The highest BCUT2D eigenvalue weighted by Gasteiger charge is 1.97. The Labute approximate surface area is 91.5 Å². The molecule has 0 unspecified atom stereocenters. The summed E-state index contributed by atoms with van der Waals surface area (Å²) < 4.78 is 1.84. The Bertz CT molecular complexity index is 230. The van der Waals surface area contributed by atoms with Crippen molar-refractivity contribution >= 4 is 0 Å². The van der Waals surface area contributed by atoms with Gasteiger partial charge in [0.15, 0.2) is 0 Å². The summed E-state index contributed by atoms with van der Waals surface area (Å²) in [5.41, 5.74) is 0. The molecule has 0 spiro atoms. The zero-order valence-corrected chi connectivity index (χ0v) is 9.69. The minimum absolute atomic E-state index is 0.887. The molecule has 0 saturated carbocycles. The van der Waals surface area contributed by atoms with E-state index < -0.39 is 0 Å². The van der Waals surface area contributed by atoms with Crippen LogP contribution in [0.15, 0.2) is 12.4 Å². The van der Waals surface area contributed by atoms with Gasteiger partial charge in [0.2, 0.25) is 0 Å². The first-order valence-corrected chi connectivity index (χ1v) is 5.64. The van der Waals surface area contributed by atoms with Crippen LogP contribution in [0.1, 0.15) is 13.8 Å². The fourth-order valence-corrected chi connectivity index (χ4v) is 1.45. The van der Waals surface area contributed by atoms with Crippen molar-refractivity contribution in [1.82, 2.24) is 25.2 Å². The fraction of sp³-hybridized carbons (Fsp3) is 0.800. The van der Waals surface area contributed by atoms with Crippen LogP contribution in [0.2, 0.25) is 0 Å². The van der Waals surface area contributed by atoms with E-state index in [1.54, 1.807) is 6.20 Å². The summed E-state index contributed by atoms with van der Waals surface area (Å²) in [5.74, 6) is 0. The first kappa shape index (κ1) is 12.1. The molecule has 0 bridgehead atoms. The lowest BCUT2D eigenvalue weighted by Crippen LogP contribution is -2.33. The summed E-state index contributed by atoms with van der Waals surface area (Å²) in [4.78, 5) is 2.41. The van der Waals surface area contributed by atoms with E-state index in [1.807, 2.05) is 10.9 Å². The molecule has 0 aliphatic heterocycles. The maximum absolute atomic E-state index is 3.90. The molecule has 1 N–H and O–H groups in total. The highest BCUT2D eigenvalue weighted by atomic mass is 15.4. The molecule has 0 amide bonds. The zero-order valence-electron chi connectivity index (χ0n) is 9.69. The normalized spacial score (nSPS) is 11.1. The third-order valence-corrected chi connectivity index (χ3v) is 2.49. The van der Waals surface area contributed by atoms with Crippen molar-refractivity contribution in [3.8, 4) is 0 Å². The van der Waals surface area contributed by atoms with Crippen LogP contribution in [0.4, 0.5) is 0 Å². The van der Waals surface area contributed by atoms with Crippen LogP contribution in [-0.2, 0) is 6.54 Å². The van der Waals surface area contributed by atoms with Crippen molar-refractivity contribution in [3.63, 3.8) is 0 Å². The van der Waals surface area contributed by atoms with Crippen LogP contribution in [0.3, 0.4) is 0 Å². The van der Waals surface area contributed by atoms with Crippen LogP contribution in [-0.4, -0.2) is 52.6 Å². The van der Waals surface area contributed by atoms with E-state index in [0.717, 1.165) is 39.3 Å². The van der Waals surface area contributed by atoms with E-state index in [2.05, 4.69) is 34.4 Å². The minimum Gasteiger partial charge on any atom is -0.314 e. The molecule has 5 nitrogen and oxygen atoms in total. The molecule has 15 heavy (non-hydrogen) atoms. The van der Waals surface area contributed by atoms with Gasteiger partial charge in [-0.15, -0.1) is 5.10 Å². The van der Waals surface area contributed by atoms with Gasteiger partial charge in [-0.05, 0) is 13.1 Å². The summed E-state index contributed by atoms with van der Waals surface area (Å²) >= 11 is 0. The summed E-state index contributed by atoms with van der Waals surface area (Å²) in [7, 11) is 0. The first-order chi connectivity index (χ1) is 7.36. The predicted molar refractivity (Wildman–Crippen MR) is 60.7 cm³/mol. The second-order valence-electron chi connectivity index (χ2n) is 3.44. The number of hydrogen-bond donors (Lipinski definition) is 1. The SMILES string of the molecule is CCN(CC)CCNCCn1ccnn1. The molecule has 5 heteroatoms. The molecule has 1 aromatic heterocycles. The summed E-state index contributed by atoms with van der Waals surface area (Å²) in [6.45, 7) is 10.6. The van der Waals surface area contributed by atoms with Gasteiger partial charge in [0.25, 0.3) is 0 Å². The molecular formula is C10H21N5. The van der Waals surface area contributed by atoms with Gasteiger partial charge < -0.3 is 10.2 Å². The van der Waals surface area contributed by atoms with Gasteiger partial charge in [-0.1, -0.05) is 19.1 Å². The first-order valence-electron chi connectivity index (χ1n) is 5.64. The number of nitrogens with zero attached hydrogens (tertiary/aromatic N) is 4. The van der Waals surface area contributed by atoms with Crippen LogP contribution >= 0.6 is 0 Å². The van der Waals surface area contributed by atoms with Crippen LogP contribution in [0, 0.1) is 0 Å². The van der Waals surface area contributed by atoms with Crippen LogP contribution < -0.4 is 5.32 Å². The Kier molecular flexibility index (Phi) is 5.96. The Morgan fingerprint density at radius 3 is 2.67 bits per heavy atom. The lowest BCUT2D eigenvalue weighted by Gasteiger charge is -2.17. The van der Waals surface area contributed by atoms with E-state index in [-0.39, 0.29) is 0 Å².